The third-order valence-corrected chi connectivity index (χ3v) is 6.56. The van der Waals surface area contributed by atoms with E-state index in [4.69, 9.17) is 11.6 Å². The van der Waals surface area contributed by atoms with Crippen LogP contribution in [0.3, 0.4) is 0 Å². The van der Waals surface area contributed by atoms with E-state index in [0.717, 1.165) is 32.4 Å². The molecule has 3 heterocycles. The maximum absolute atomic E-state index is 13.8. The number of nitrogens with one attached hydrogen (secondary N) is 1. The molecule has 7 nitrogen and oxygen atoms in total. The van der Waals surface area contributed by atoms with Crippen molar-refractivity contribution in [3.63, 3.8) is 0 Å². The number of benzene rings is 1. The van der Waals surface area contributed by atoms with E-state index in [-0.39, 0.29) is 22.4 Å². The normalized spacial score (nSPS) is 13.7. The van der Waals surface area contributed by atoms with Crippen molar-refractivity contribution in [1.29, 1.82) is 0 Å². The highest BCUT2D eigenvalue weighted by Crippen LogP contribution is 2.23. The van der Waals surface area contributed by atoms with Gasteiger partial charge in [-0.2, -0.15) is 5.10 Å². The zero-order valence-electron chi connectivity index (χ0n) is 20.2. The van der Waals surface area contributed by atoms with Gasteiger partial charge in [-0.1, -0.05) is 35.6 Å². The summed E-state index contributed by atoms with van der Waals surface area (Å²) < 4.78 is 15.5. The number of piperidine rings is 1. The molecule has 1 aromatic carbocycles. The topological polar surface area (TPSA) is 80.1 Å². The van der Waals surface area contributed by atoms with E-state index in [1.54, 1.807) is 49.0 Å². The number of likely N-dealkylation sites (tertiary alicyclic amines) is 1. The average Bonchev–Trinajstić information content (AvgIpc) is 3.24. The van der Waals surface area contributed by atoms with Crippen LogP contribution in [0.5, 0.6) is 0 Å². The molecule has 0 bridgehead atoms. The number of amides is 2. The van der Waals surface area contributed by atoms with Crippen molar-refractivity contribution in [2.75, 3.05) is 18.4 Å². The maximum atomic E-state index is 13.8. The van der Waals surface area contributed by atoms with Gasteiger partial charge in [-0.25, -0.2) is 9.37 Å². The molecule has 1 N–H and O–H groups in total. The minimum absolute atomic E-state index is 0.123. The number of nitrogens with zero attached hydrogens (tertiary/aromatic N) is 4. The van der Waals surface area contributed by atoms with E-state index in [1.165, 1.54) is 12.3 Å². The Kier molecular flexibility index (Phi) is 8.01. The lowest BCUT2D eigenvalue weighted by atomic mass is 9.93. The van der Waals surface area contributed by atoms with Crippen molar-refractivity contribution >= 4 is 29.2 Å². The smallest absolute Gasteiger partial charge is 0.278 e. The van der Waals surface area contributed by atoms with Gasteiger partial charge in [0.15, 0.2) is 5.69 Å². The zero-order chi connectivity index (χ0) is 25.7. The molecule has 1 saturated heterocycles. The summed E-state index contributed by atoms with van der Waals surface area (Å²) in [6, 6.07) is 8.07. The average molecular weight is 508 g/mol. The second-order valence-corrected chi connectivity index (χ2v) is 9.31. The Morgan fingerprint density at radius 3 is 2.67 bits per heavy atom. The second-order valence-electron chi connectivity index (χ2n) is 8.90. The molecule has 0 saturated carbocycles. The Balaban J connectivity index is 1.35. The summed E-state index contributed by atoms with van der Waals surface area (Å²) in [7, 11) is 0. The fourth-order valence-electron chi connectivity index (χ4n) is 4.16. The van der Waals surface area contributed by atoms with Gasteiger partial charge in [-0.05, 0) is 55.9 Å². The lowest BCUT2D eigenvalue weighted by Gasteiger charge is -2.31. The first-order valence-corrected chi connectivity index (χ1v) is 12.2. The van der Waals surface area contributed by atoms with E-state index in [0.29, 0.717) is 35.0 Å². The number of carbonyl (C=O) groups is 2. The first-order chi connectivity index (χ1) is 17.3. The molecule has 0 radical (unpaired) electrons. The third kappa shape index (κ3) is 6.29. The predicted octanol–water partition coefficient (Wildman–Crippen LogP) is 4.68. The van der Waals surface area contributed by atoms with Crippen molar-refractivity contribution < 1.29 is 14.0 Å². The summed E-state index contributed by atoms with van der Waals surface area (Å²) in [6.07, 6.45) is 6.01. The van der Waals surface area contributed by atoms with Crippen molar-refractivity contribution in [2.45, 2.75) is 39.7 Å². The third-order valence-electron chi connectivity index (χ3n) is 6.28. The molecule has 4 rings (SSSR count). The van der Waals surface area contributed by atoms with Crippen LogP contribution in [-0.2, 0) is 11.3 Å². The number of carbonyl (C=O) groups excluding carboxylic acids is 2. The van der Waals surface area contributed by atoms with Gasteiger partial charge >= 0.3 is 0 Å². The van der Waals surface area contributed by atoms with Crippen LogP contribution < -0.4 is 5.32 Å². The fourth-order valence-corrected chi connectivity index (χ4v) is 4.40. The standard InChI is InChI=1S/C27H27ClFN5O2/c1-18-15-21(7-8-22-5-3-4-6-24(22)29)16-30-26(18)31-27(36)25-23(28)17-34(32-25)14-11-20-9-12-33(13-10-20)19(2)35/h3-6,15-17,20H,9-14H2,1-2H3,(H,30,31,36). The monoisotopic (exact) mass is 507 g/mol. The molecule has 0 aliphatic carbocycles. The van der Waals surface area contributed by atoms with Crippen LogP contribution in [0.4, 0.5) is 10.2 Å². The SMILES string of the molecule is CC(=O)N1CCC(CCn2cc(Cl)c(C(=O)Nc3ncc(C#Cc4ccccc4F)cc3C)n2)CC1. The number of anilines is 1. The number of aromatic nitrogens is 3. The van der Waals surface area contributed by atoms with Crippen molar-refractivity contribution in [3.05, 3.63) is 75.9 Å². The molecule has 3 aromatic rings. The molecule has 2 amide bonds. The summed E-state index contributed by atoms with van der Waals surface area (Å²) in [5, 5.41) is 7.40. The quantitative estimate of drug-likeness (QED) is 0.508. The molecule has 2 aromatic heterocycles. The lowest BCUT2D eigenvalue weighted by molar-refractivity contribution is -0.130. The first-order valence-electron chi connectivity index (χ1n) is 11.8. The molecular weight excluding hydrogens is 481 g/mol. The molecular formula is C27H27ClFN5O2. The van der Waals surface area contributed by atoms with Crippen LogP contribution in [0.15, 0.2) is 42.7 Å². The Bertz CT molecular complexity index is 1340. The number of hydrogen-bond donors (Lipinski definition) is 1. The highest BCUT2D eigenvalue weighted by atomic mass is 35.5. The molecule has 1 fully saturated rings. The van der Waals surface area contributed by atoms with E-state index < -0.39 is 5.91 Å². The lowest BCUT2D eigenvalue weighted by Crippen LogP contribution is -2.37. The Morgan fingerprint density at radius 2 is 1.97 bits per heavy atom. The highest BCUT2D eigenvalue weighted by molar-refractivity contribution is 6.34. The van der Waals surface area contributed by atoms with Crippen LogP contribution in [0.25, 0.3) is 0 Å². The van der Waals surface area contributed by atoms with Gasteiger partial charge in [0.25, 0.3) is 5.91 Å². The molecule has 0 spiro atoms. The highest BCUT2D eigenvalue weighted by Gasteiger charge is 2.22. The van der Waals surface area contributed by atoms with Gasteiger partial charge in [0, 0.05) is 44.5 Å². The number of pyridine rings is 1. The second kappa shape index (κ2) is 11.4. The molecule has 9 heteroatoms. The minimum atomic E-state index is -0.450. The number of hydrogen-bond acceptors (Lipinski definition) is 4. The summed E-state index contributed by atoms with van der Waals surface area (Å²) in [6.45, 7) is 5.62. The van der Waals surface area contributed by atoms with Crippen molar-refractivity contribution in [3.8, 4) is 11.8 Å². The summed E-state index contributed by atoms with van der Waals surface area (Å²) in [4.78, 5) is 30.5. The molecule has 1 aliphatic heterocycles. The molecule has 186 valence electrons. The van der Waals surface area contributed by atoms with Crippen LogP contribution >= 0.6 is 11.6 Å². The Labute approximate surface area is 214 Å². The van der Waals surface area contributed by atoms with Crippen molar-refractivity contribution in [1.82, 2.24) is 19.7 Å². The zero-order valence-corrected chi connectivity index (χ0v) is 21.0. The Hall–Kier alpha value is -3.70. The summed E-state index contributed by atoms with van der Waals surface area (Å²) >= 11 is 6.30. The largest absolute Gasteiger partial charge is 0.343 e. The number of aryl methyl sites for hydroxylation is 2. The summed E-state index contributed by atoms with van der Waals surface area (Å²) in [5.74, 6) is 5.86. The van der Waals surface area contributed by atoms with Gasteiger partial charge in [-0.3, -0.25) is 14.3 Å². The van der Waals surface area contributed by atoms with Gasteiger partial charge < -0.3 is 10.2 Å². The van der Waals surface area contributed by atoms with Crippen LogP contribution in [-0.4, -0.2) is 44.6 Å². The fraction of sp³-hybridized carbons (Fsp3) is 0.333. The van der Waals surface area contributed by atoms with Gasteiger partial charge in [0.1, 0.15) is 11.6 Å². The van der Waals surface area contributed by atoms with Gasteiger partial charge in [0.2, 0.25) is 5.91 Å². The van der Waals surface area contributed by atoms with Gasteiger partial charge in [-0.15, -0.1) is 0 Å². The Morgan fingerprint density at radius 1 is 1.22 bits per heavy atom. The van der Waals surface area contributed by atoms with Crippen LogP contribution in [0.1, 0.15) is 53.4 Å². The number of rotatable bonds is 5. The van der Waals surface area contributed by atoms with Crippen molar-refractivity contribution in [2.24, 2.45) is 5.92 Å². The molecule has 36 heavy (non-hydrogen) atoms. The first kappa shape index (κ1) is 25.4. The minimum Gasteiger partial charge on any atom is -0.343 e. The summed E-state index contributed by atoms with van der Waals surface area (Å²) in [5.41, 5.74) is 1.74. The van der Waals surface area contributed by atoms with E-state index >= 15 is 0 Å². The maximum Gasteiger partial charge on any atom is 0.278 e. The molecule has 0 unspecified atom stereocenters. The van der Waals surface area contributed by atoms with E-state index in [1.807, 2.05) is 4.90 Å². The molecule has 0 atom stereocenters. The van der Waals surface area contributed by atoms with Crippen LogP contribution in [0, 0.1) is 30.5 Å². The van der Waals surface area contributed by atoms with E-state index in [9.17, 15) is 14.0 Å². The molecule has 1 aliphatic rings. The van der Waals surface area contributed by atoms with Crippen LogP contribution in [0.2, 0.25) is 5.02 Å². The van der Waals surface area contributed by atoms with E-state index in [2.05, 4.69) is 27.2 Å². The number of halogens is 2. The van der Waals surface area contributed by atoms with Gasteiger partial charge in [0.05, 0.1) is 10.6 Å². The predicted molar refractivity (Wildman–Crippen MR) is 136 cm³/mol.